The molecular weight excluding hydrogens is 456 g/mol. The first-order valence-corrected chi connectivity index (χ1v) is 10.3. The minimum Gasteiger partial charge on any atom is -0.492 e. The lowest BCUT2D eigenvalue weighted by Gasteiger charge is -2.24. The Bertz CT molecular complexity index is 1040. The van der Waals surface area contributed by atoms with Crippen LogP contribution in [0.15, 0.2) is 29.3 Å². The second-order valence-electron chi connectivity index (χ2n) is 7.77. The molecule has 1 saturated carbocycles. The predicted molar refractivity (Wildman–Crippen MR) is 122 cm³/mol. The van der Waals surface area contributed by atoms with Gasteiger partial charge in [0.25, 0.3) is 5.91 Å². The number of carbonyl (C=O) groups is 1. The number of aliphatic imine (C=N–C) groups is 1. The number of nitrogens with one attached hydrogen (secondary N) is 1. The Balaban J connectivity index is 0.00000408. The van der Waals surface area contributed by atoms with E-state index in [1.807, 2.05) is 0 Å². The number of hydrogen-bond acceptors (Lipinski definition) is 6. The summed E-state index contributed by atoms with van der Waals surface area (Å²) >= 11 is 0. The molecule has 1 aromatic heterocycles. The van der Waals surface area contributed by atoms with Crippen molar-refractivity contribution in [3.05, 3.63) is 47.0 Å². The van der Waals surface area contributed by atoms with E-state index < -0.39 is 29.3 Å². The molecule has 1 aliphatic carbocycles. The van der Waals surface area contributed by atoms with E-state index in [4.69, 9.17) is 10.5 Å². The van der Waals surface area contributed by atoms with E-state index in [2.05, 4.69) is 15.3 Å². The molecule has 3 rings (SSSR count). The van der Waals surface area contributed by atoms with Crippen LogP contribution in [-0.4, -0.2) is 42.0 Å². The van der Waals surface area contributed by atoms with E-state index >= 15 is 0 Å². The normalized spacial score (nSPS) is 18.4. The molecule has 7 nitrogen and oxygen atoms in total. The van der Waals surface area contributed by atoms with Crippen LogP contribution in [0.5, 0.6) is 5.75 Å². The zero-order chi connectivity index (χ0) is 24.2. The summed E-state index contributed by atoms with van der Waals surface area (Å²) in [7, 11) is 1.17. The number of alkyl halides is 3. The van der Waals surface area contributed by atoms with E-state index in [-0.39, 0.29) is 48.7 Å². The fraction of sp³-hybridized carbons (Fsp3) is 0.435. The third-order valence-electron chi connectivity index (χ3n) is 5.51. The molecule has 0 unspecified atom stereocenters. The number of nitrogen functional groups attached to an aromatic ring is 1. The van der Waals surface area contributed by atoms with Crippen LogP contribution in [0.4, 0.5) is 28.9 Å². The van der Waals surface area contributed by atoms with Gasteiger partial charge in [-0.05, 0) is 49.8 Å². The summed E-state index contributed by atoms with van der Waals surface area (Å²) in [5, 5.41) is 11.6. The number of carbonyl (C=O) groups excluding carboxylic acids is 1. The number of aliphatic hydroxyl groups is 1. The average Bonchev–Trinajstić information content (AvgIpc) is 2.80. The van der Waals surface area contributed by atoms with Gasteiger partial charge in [0.15, 0.2) is 11.6 Å². The number of aliphatic hydroxyl groups excluding tert-OH is 1. The van der Waals surface area contributed by atoms with Gasteiger partial charge in [0, 0.05) is 24.4 Å². The monoisotopic (exact) mass is 484 g/mol. The van der Waals surface area contributed by atoms with Crippen molar-refractivity contribution in [2.75, 3.05) is 24.8 Å². The molecule has 1 aliphatic rings. The topological polar surface area (TPSA) is 110 Å². The van der Waals surface area contributed by atoms with Crippen LogP contribution < -0.4 is 15.8 Å². The number of methoxy groups -OCH3 is 1. The Morgan fingerprint density at radius 3 is 2.59 bits per heavy atom. The number of ether oxygens (including phenoxy) is 1. The van der Waals surface area contributed by atoms with Gasteiger partial charge in [0.1, 0.15) is 11.4 Å². The molecule has 1 fully saturated rings. The molecule has 2 aromatic rings. The molecule has 186 valence electrons. The molecular formula is C23H28F4N4O3. The number of halogens is 4. The van der Waals surface area contributed by atoms with E-state index in [1.54, 1.807) is 0 Å². The van der Waals surface area contributed by atoms with Gasteiger partial charge in [-0.15, -0.1) is 0 Å². The number of pyridine rings is 1. The van der Waals surface area contributed by atoms with Crippen molar-refractivity contribution in [3.8, 4) is 5.75 Å². The van der Waals surface area contributed by atoms with Crippen molar-refractivity contribution in [1.29, 1.82) is 0 Å². The van der Waals surface area contributed by atoms with Crippen molar-refractivity contribution >= 4 is 23.5 Å². The number of nitrogens with two attached hydrogens (primary N) is 1. The Kier molecular flexibility index (Phi) is 8.97. The number of rotatable bonds is 6. The van der Waals surface area contributed by atoms with Crippen LogP contribution >= 0.6 is 0 Å². The van der Waals surface area contributed by atoms with Crippen LogP contribution in [0.1, 0.15) is 54.9 Å². The van der Waals surface area contributed by atoms with Gasteiger partial charge in [0.2, 0.25) is 0 Å². The molecule has 0 bridgehead atoms. The summed E-state index contributed by atoms with van der Waals surface area (Å²) in [6.45, 7) is 0.136. The smallest absolute Gasteiger partial charge is 0.433 e. The molecule has 4 N–H and O–H groups in total. The summed E-state index contributed by atoms with van der Waals surface area (Å²) in [5.41, 5.74) is 3.96. The summed E-state index contributed by atoms with van der Waals surface area (Å²) in [6.07, 6.45) is -0.121. The number of nitrogens with zero attached hydrogens (tertiary/aromatic N) is 2. The molecule has 11 heteroatoms. The first-order valence-electron chi connectivity index (χ1n) is 10.3. The highest BCUT2D eigenvalue weighted by Gasteiger charge is 2.33. The van der Waals surface area contributed by atoms with Crippen LogP contribution in [0.2, 0.25) is 0 Å². The van der Waals surface area contributed by atoms with E-state index in [0.29, 0.717) is 0 Å². The molecule has 34 heavy (non-hydrogen) atoms. The maximum Gasteiger partial charge on any atom is 0.433 e. The largest absolute Gasteiger partial charge is 0.492 e. The van der Waals surface area contributed by atoms with Gasteiger partial charge in [0.05, 0.1) is 18.5 Å². The highest BCUT2D eigenvalue weighted by molar-refractivity contribution is 6.05. The van der Waals surface area contributed by atoms with Crippen molar-refractivity contribution in [2.45, 2.75) is 45.3 Å². The molecule has 1 aromatic carbocycles. The van der Waals surface area contributed by atoms with E-state index in [1.165, 1.54) is 19.4 Å². The van der Waals surface area contributed by atoms with Crippen LogP contribution in [0, 0.1) is 11.7 Å². The standard InChI is InChI=1S/C22H24F4N4O3.CH4/c1-33-20-16(30-21(32)15-3-2-4-17(29-15)22(24,25)26)9-13(19(27)18(20)23)10-28-14-7-5-12(11-31)6-8-14;/h2-4,9-10,12,14,31H,5-8,11,27H2,1H3,(H,30,32);1H4. The van der Waals surface area contributed by atoms with Gasteiger partial charge in [-0.25, -0.2) is 9.37 Å². The van der Waals surface area contributed by atoms with Gasteiger partial charge >= 0.3 is 6.18 Å². The molecule has 0 spiro atoms. The fourth-order valence-corrected chi connectivity index (χ4v) is 3.63. The van der Waals surface area contributed by atoms with Gasteiger partial charge in [-0.2, -0.15) is 13.2 Å². The minimum atomic E-state index is -4.72. The highest BCUT2D eigenvalue weighted by Crippen LogP contribution is 2.35. The number of aromatic nitrogens is 1. The SMILES string of the molecule is C.COc1c(NC(=O)c2cccc(C(F)(F)F)n2)cc(C=NC2CCC(CO)CC2)c(N)c1F. The molecule has 0 atom stereocenters. The molecule has 1 heterocycles. The van der Waals surface area contributed by atoms with Crippen molar-refractivity contribution in [2.24, 2.45) is 10.9 Å². The lowest BCUT2D eigenvalue weighted by atomic mass is 9.87. The lowest BCUT2D eigenvalue weighted by molar-refractivity contribution is -0.141. The number of benzene rings is 1. The first kappa shape index (κ1) is 27.0. The van der Waals surface area contributed by atoms with E-state index in [0.717, 1.165) is 43.9 Å². The molecule has 0 radical (unpaired) electrons. The van der Waals surface area contributed by atoms with Crippen molar-refractivity contribution in [1.82, 2.24) is 4.98 Å². The van der Waals surface area contributed by atoms with Gasteiger partial charge < -0.3 is 20.9 Å². The Morgan fingerprint density at radius 1 is 1.32 bits per heavy atom. The van der Waals surface area contributed by atoms with Crippen LogP contribution in [-0.2, 0) is 6.18 Å². The molecule has 0 aliphatic heterocycles. The third kappa shape index (κ3) is 6.22. The fourth-order valence-electron chi connectivity index (χ4n) is 3.63. The summed E-state index contributed by atoms with van der Waals surface area (Å²) in [6, 6.07) is 4.23. The molecule has 0 saturated heterocycles. The van der Waals surface area contributed by atoms with Crippen LogP contribution in [0.3, 0.4) is 0 Å². The van der Waals surface area contributed by atoms with Crippen molar-refractivity contribution < 1.29 is 32.2 Å². The first-order chi connectivity index (χ1) is 15.6. The maximum atomic E-state index is 14.8. The summed E-state index contributed by atoms with van der Waals surface area (Å²) in [4.78, 5) is 20.3. The Hall–Kier alpha value is -3.21. The third-order valence-corrected chi connectivity index (χ3v) is 5.51. The van der Waals surface area contributed by atoms with Crippen LogP contribution in [0.25, 0.3) is 0 Å². The number of hydrogen-bond donors (Lipinski definition) is 3. The number of anilines is 2. The summed E-state index contributed by atoms with van der Waals surface area (Å²) in [5.74, 6) is -2.02. The van der Waals surface area contributed by atoms with Crippen molar-refractivity contribution in [3.63, 3.8) is 0 Å². The second-order valence-corrected chi connectivity index (χ2v) is 7.77. The lowest BCUT2D eigenvalue weighted by Crippen LogP contribution is -2.20. The zero-order valence-electron chi connectivity index (χ0n) is 17.8. The number of amides is 1. The minimum absolute atomic E-state index is 0. The average molecular weight is 484 g/mol. The Labute approximate surface area is 195 Å². The predicted octanol–water partition coefficient (Wildman–Crippen LogP) is 4.69. The maximum absolute atomic E-state index is 14.8. The molecule has 1 amide bonds. The second kappa shape index (κ2) is 11.3. The zero-order valence-corrected chi connectivity index (χ0v) is 17.8. The summed E-state index contributed by atoms with van der Waals surface area (Å²) < 4.78 is 58.5. The van der Waals surface area contributed by atoms with E-state index in [9.17, 15) is 27.5 Å². The Morgan fingerprint density at radius 2 is 2.00 bits per heavy atom. The van der Waals surface area contributed by atoms with Gasteiger partial charge in [-0.1, -0.05) is 13.5 Å². The highest BCUT2D eigenvalue weighted by atomic mass is 19.4. The van der Waals surface area contributed by atoms with Gasteiger partial charge in [-0.3, -0.25) is 9.79 Å². The quantitative estimate of drug-likeness (QED) is 0.313.